The van der Waals surface area contributed by atoms with Crippen LogP contribution in [0.5, 0.6) is 0 Å². The lowest BCUT2D eigenvalue weighted by Crippen LogP contribution is -2.65. The molecule has 0 spiro atoms. The van der Waals surface area contributed by atoms with E-state index in [9.17, 15) is 9.90 Å². The molecular formula is C14H23NO2. The molecule has 3 nitrogen and oxygen atoms in total. The number of rotatable bonds is 1. The summed E-state index contributed by atoms with van der Waals surface area (Å²) >= 11 is 0. The lowest BCUT2D eigenvalue weighted by molar-refractivity contribution is -0.223. The van der Waals surface area contributed by atoms with E-state index in [0.717, 1.165) is 25.7 Å². The van der Waals surface area contributed by atoms with Crippen LogP contribution in [0.15, 0.2) is 0 Å². The zero-order valence-electron chi connectivity index (χ0n) is 11.1. The summed E-state index contributed by atoms with van der Waals surface area (Å²) < 4.78 is 0. The summed E-state index contributed by atoms with van der Waals surface area (Å²) in [5.41, 5.74) is -0.581. The average molecular weight is 237 g/mol. The number of nitrogens with one attached hydrogen (secondary N) is 1. The van der Waals surface area contributed by atoms with Gasteiger partial charge in [-0.1, -0.05) is 13.8 Å². The zero-order valence-corrected chi connectivity index (χ0v) is 11.1. The van der Waals surface area contributed by atoms with Crippen molar-refractivity contribution in [2.24, 2.45) is 16.2 Å². The van der Waals surface area contributed by atoms with Crippen molar-refractivity contribution >= 4 is 5.91 Å². The third kappa shape index (κ3) is 1.48. The molecule has 4 saturated carbocycles. The molecule has 4 aliphatic carbocycles. The van der Waals surface area contributed by atoms with E-state index in [1.54, 1.807) is 7.05 Å². The van der Waals surface area contributed by atoms with E-state index in [1.807, 2.05) is 0 Å². The molecule has 0 aromatic heterocycles. The molecule has 0 heterocycles. The molecule has 0 saturated heterocycles. The monoisotopic (exact) mass is 237 g/mol. The van der Waals surface area contributed by atoms with Crippen molar-refractivity contribution in [2.45, 2.75) is 58.0 Å². The Kier molecular flexibility index (Phi) is 1.95. The number of carbonyl (C=O) groups is 1. The molecule has 4 aliphatic rings. The summed E-state index contributed by atoms with van der Waals surface area (Å²) in [6, 6.07) is 0. The number of carbonyl (C=O) groups excluding carboxylic acids is 1. The van der Waals surface area contributed by atoms with E-state index in [4.69, 9.17) is 0 Å². The largest absolute Gasteiger partial charge is 0.390 e. The standard InChI is InChI=1S/C14H23NO2/c1-11-4-12(2)6-13(5-11,10(16)15-3)9-14(17,7-11)8-12/h17H,4-9H2,1-3H3,(H,15,16). The number of aliphatic hydroxyl groups is 1. The molecule has 2 N–H and O–H groups in total. The molecule has 0 aromatic carbocycles. The second-order valence-corrected chi connectivity index (χ2v) is 7.77. The van der Waals surface area contributed by atoms with Crippen molar-refractivity contribution in [3.8, 4) is 0 Å². The van der Waals surface area contributed by atoms with Gasteiger partial charge < -0.3 is 10.4 Å². The van der Waals surface area contributed by atoms with Crippen LogP contribution in [0.3, 0.4) is 0 Å². The van der Waals surface area contributed by atoms with Gasteiger partial charge in [-0.2, -0.15) is 0 Å². The number of hydrogen-bond donors (Lipinski definition) is 2. The van der Waals surface area contributed by atoms with Crippen LogP contribution in [0, 0.1) is 16.2 Å². The highest BCUT2D eigenvalue weighted by Crippen LogP contribution is 2.70. The molecule has 0 aromatic rings. The molecule has 3 heteroatoms. The quantitative estimate of drug-likeness (QED) is 0.731. The highest BCUT2D eigenvalue weighted by atomic mass is 16.3. The van der Waals surface area contributed by atoms with E-state index in [1.165, 1.54) is 6.42 Å². The Balaban J connectivity index is 2.07. The third-order valence-electron chi connectivity index (χ3n) is 5.27. The molecular weight excluding hydrogens is 214 g/mol. The van der Waals surface area contributed by atoms with Crippen LogP contribution < -0.4 is 5.32 Å². The topological polar surface area (TPSA) is 49.3 Å². The van der Waals surface area contributed by atoms with E-state index >= 15 is 0 Å². The Labute approximate surface area is 103 Å². The van der Waals surface area contributed by atoms with Gasteiger partial charge in [0.1, 0.15) is 0 Å². The molecule has 96 valence electrons. The van der Waals surface area contributed by atoms with Gasteiger partial charge in [-0.3, -0.25) is 4.79 Å². The van der Waals surface area contributed by atoms with Gasteiger partial charge >= 0.3 is 0 Å². The Morgan fingerprint density at radius 2 is 1.53 bits per heavy atom. The SMILES string of the molecule is CNC(=O)C12CC3(C)CC(C)(CC(O)(C3)C1)C2. The Morgan fingerprint density at radius 3 is 1.94 bits per heavy atom. The van der Waals surface area contributed by atoms with E-state index in [-0.39, 0.29) is 22.2 Å². The Bertz CT molecular complexity index is 336. The zero-order chi connectivity index (χ0) is 12.5. The van der Waals surface area contributed by atoms with Crippen molar-refractivity contribution in [1.82, 2.24) is 5.32 Å². The molecule has 4 rings (SSSR count). The minimum absolute atomic E-state index is 0.146. The smallest absolute Gasteiger partial charge is 0.226 e. The second kappa shape index (κ2) is 2.87. The maximum absolute atomic E-state index is 12.3. The van der Waals surface area contributed by atoms with Crippen LogP contribution in [-0.4, -0.2) is 23.7 Å². The summed E-state index contributed by atoms with van der Waals surface area (Å²) in [4.78, 5) is 12.3. The first-order valence-corrected chi connectivity index (χ1v) is 6.67. The van der Waals surface area contributed by atoms with Gasteiger partial charge in [0.15, 0.2) is 0 Å². The minimum atomic E-state index is -0.592. The number of hydrogen-bond acceptors (Lipinski definition) is 2. The maximum atomic E-state index is 12.3. The van der Waals surface area contributed by atoms with Gasteiger partial charge in [-0.15, -0.1) is 0 Å². The Hall–Kier alpha value is -0.570. The van der Waals surface area contributed by atoms with Gasteiger partial charge in [-0.25, -0.2) is 0 Å². The van der Waals surface area contributed by atoms with Crippen LogP contribution in [0.25, 0.3) is 0 Å². The highest BCUT2D eigenvalue weighted by Gasteiger charge is 2.67. The van der Waals surface area contributed by atoms with E-state index in [2.05, 4.69) is 19.2 Å². The van der Waals surface area contributed by atoms with Crippen LogP contribution in [0.4, 0.5) is 0 Å². The summed E-state index contributed by atoms with van der Waals surface area (Å²) in [5, 5.41) is 13.6. The van der Waals surface area contributed by atoms with Crippen LogP contribution in [0.2, 0.25) is 0 Å². The first-order chi connectivity index (χ1) is 7.72. The molecule has 0 radical (unpaired) electrons. The predicted molar refractivity (Wildman–Crippen MR) is 65.4 cm³/mol. The summed E-state index contributed by atoms with van der Waals surface area (Å²) in [6.45, 7) is 4.51. The van der Waals surface area contributed by atoms with E-state index in [0.29, 0.717) is 6.42 Å². The fraction of sp³-hybridized carbons (Fsp3) is 0.929. The van der Waals surface area contributed by atoms with Crippen LogP contribution >= 0.6 is 0 Å². The second-order valence-electron chi connectivity index (χ2n) is 7.77. The Morgan fingerprint density at radius 1 is 1.00 bits per heavy atom. The molecule has 2 unspecified atom stereocenters. The van der Waals surface area contributed by atoms with E-state index < -0.39 is 5.60 Å². The highest BCUT2D eigenvalue weighted by molar-refractivity contribution is 5.83. The van der Waals surface area contributed by atoms with Gasteiger partial charge in [0.05, 0.1) is 11.0 Å². The van der Waals surface area contributed by atoms with Gasteiger partial charge in [0, 0.05) is 7.05 Å². The summed E-state index contributed by atoms with van der Waals surface area (Å²) in [5.74, 6) is 0.146. The lowest BCUT2D eigenvalue weighted by atomic mass is 9.39. The lowest BCUT2D eigenvalue weighted by Gasteiger charge is -2.67. The summed E-state index contributed by atoms with van der Waals surface area (Å²) in [7, 11) is 1.72. The van der Waals surface area contributed by atoms with Gasteiger partial charge in [-0.05, 0) is 49.4 Å². The van der Waals surface area contributed by atoms with Crippen molar-refractivity contribution in [1.29, 1.82) is 0 Å². The van der Waals surface area contributed by atoms with Gasteiger partial charge in [0.25, 0.3) is 0 Å². The predicted octanol–water partition coefficient (Wildman–Crippen LogP) is 1.84. The van der Waals surface area contributed by atoms with Crippen molar-refractivity contribution in [3.63, 3.8) is 0 Å². The van der Waals surface area contributed by atoms with Crippen LogP contribution in [-0.2, 0) is 4.79 Å². The molecule has 4 bridgehead atoms. The number of amides is 1. The molecule has 17 heavy (non-hydrogen) atoms. The van der Waals surface area contributed by atoms with Gasteiger partial charge in [0.2, 0.25) is 5.91 Å². The fourth-order valence-electron chi connectivity index (χ4n) is 6.14. The minimum Gasteiger partial charge on any atom is -0.390 e. The molecule has 2 atom stereocenters. The van der Waals surface area contributed by atoms with Crippen molar-refractivity contribution in [3.05, 3.63) is 0 Å². The normalized spacial score (nSPS) is 56.0. The maximum Gasteiger partial charge on any atom is 0.226 e. The van der Waals surface area contributed by atoms with Crippen LogP contribution in [0.1, 0.15) is 52.4 Å². The first kappa shape index (κ1) is 11.5. The third-order valence-corrected chi connectivity index (χ3v) is 5.27. The average Bonchev–Trinajstić information content (AvgIpc) is 2.08. The summed E-state index contributed by atoms with van der Waals surface area (Å²) in [6.07, 6.45) is 5.52. The molecule has 1 amide bonds. The van der Waals surface area contributed by atoms with Crippen molar-refractivity contribution < 1.29 is 9.90 Å². The first-order valence-electron chi connectivity index (χ1n) is 6.67. The molecule has 4 fully saturated rings. The molecule has 0 aliphatic heterocycles. The fourth-order valence-corrected chi connectivity index (χ4v) is 6.14. The van der Waals surface area contributed by atoms with Crippen molar-refractivity contribution in [2.75, 3.05) is 7.05 Å².